The molecule has 154 valence electrons. The number of carbonyl (C=O) groups excluding carboxylic acids is 1. The van der Waals surface area contributed by atoms with Crippen LogP contribution in [-0.4, -0.2) is 12.7 Å². The summed E-state index contributed by atoms with van der Waals surface area (Å²) in [6.07, 6.45) is 0. The molecule has 4 aromatic rings. The van der Waals surface area contributed by atoms with Gasteiger partial charge in [-0.05, 0) is 49.7 Å². The van der Waals surface area contributed by atoms with Crippen LogP contribution < -0.4 is 20.3 Å². The van der Waals surface area contributed by atoms with Gasteiger partial charge in [0.2, 0.25) is 12.3 Å². The van der Waals surface area contributed by atoms with Crippen molar-refractivity contribution < 1.29 is 18.7 Å². The quantitative estimate of drug-likeness (QED) is 0.498. The number of nitrogens with zero attached hydrogens (tertiary/aromatic N) is 1. The standard InChI is InChI=1S/C25H20N2O4/c1-15-7-9-20(16(2)11-15)27-24(28)19-12-17-5-3-4-6-21(17)31-25(19)26-18-8-10-22-23(13-18)30-14-29-22/h3-13H,14H2,1-2H3,(H,27,28). The van der Waals surface area contributed by atoms with E-state index in [1.165, 1.54) is 0 Å². The van der Waals surface area contributed by atoms with Gasteiger partial charge < -0.3 is 19.2 Å². The molecular formula is C25H20N2O4. The normalized spacial score (nSPS) is 12.9. The maximum absolute atomic E-state index is 13.2. The molecule has 1 aliphatic rings. The minimum absolute atomic E-state index is 0.183. The van der Waals surface area contributed by atoms with Gasteiger partial charge in [-0.25, -0.2) is 4.99 Å². The Hall–Kier alpha value is -4.06. The summed E-state index contributed by atoms with van der Waals surface area (Å²) in [6, 6.07) is 20.6. The Balaban J connectivity index is 1.61. The minimum Gasteiger partial charge on any atom is -0.454 e. The maximum Gasteiger partial charge on any atom is 0.261 e. The van der Waals surface area contributed by atoms with E-state index in [4.69, 9.17) is 13.9 Å². The number of amides is 1. The van der Waals surface area contributed by atoms with E-state index < -0.39 is 0 Å². The summed E-state index contributed by atoms with van der Waals surface area (Å²) in [6.45, 7) is 4.16. The summed E-state index contributed by atoms with van der Waals surface area (Å²) in [4.78, 5) is 17.8. The van der Waals surface area contributed by atoms with Crippen LogP contribution in [0.25, 0.3) is 11.0 Å². The van der Waals surface area contributed by atoms with Gasteiger partial charge in [0.25, 0.3) is 5.91 Å². The molecule has 0 bridgehead atoms. The molecule has 0 spiro atoms. The summed E-state index contributed by atoms with van der Waals surface area (Å²) in [7, 11) is 0. The van der Waals surface area contributed by atoms with Gasteiger partial charge in [-0.1, -0.05) is 35.9 Å². The number of hydrogen-bond acceptors (Lipinski definition) is 5. The predicted octanol–water partition coefficient (Wildman–Crippen LogP) is 5.26. The van der Waals surface area contributed by atoms with Crippen LogP contribution in [0, 0.1) is 13.8 Å². The Morgan fingerprint density at radius 3 is 2.65 bits per heavy atom. The fraction of sp³-hybridized carbons (Fsp3) is 0.120. The maximum atomic E-state index is 13.2. The number of ether oxygens (including phenoxy) is 2. The Labute approximate surface area is 178 Å². The Kier molecular flexibility index (Phi) is 4.67. The van der Waals surface area contributed by atoms with Crippen LogP contribution >= 0.6 is 0 Å². The van der Waals surface area contributed by atoms with E-state index >= 15 is 0 Å². The molecule has 0 fully saturated rings. The zero-order chi connectivity index (χ0) is 21.4. The van der Waals surface area contributed by atoms with Crippen molar-refractivity contribution in [2.24, 2.45) is 4.99 Å². The first-order valence-electron chi connectivity index (χ1n) is 9.93. The monoisotopic (exact) mass is 412 g/mol. The number of rotatable bonds is 3. The largest absolute Gasteiger partial charge is 0.454 e. The lowest BCUT2D eigenvalue weighted by Gasteiger charge is -2.10. The van der Waals surface area contributed by atoms with E-state index in [9.17, 15) is 4.79 Å². The highest BCUT2D eigenvalue weighted by Gasteiger charge is 2.16. The molecule has 0 unspecified atom stereocenters. The van der Waals surface area contributed by atoms with Crippen LogP contribution in [0.15, 0.2) is 76.1 Å². The van der Waals surface area contributed by atoms with Crippen LogP contribution in [0.4, 0.5) is 11.4 Å². The van der Waals surface area contributed by atoms with Crippen LogP contribution in [0.1, 0.15) is 21.5 Å². The fourth-order valence-corrected chi connectivity index (χ4v) is 3.53. The van der Waals surface area contributed by atoms with Gasteiger partial charge >= 0.3 is 0 Å². The van der Waals surface area contributed by atoms with Gasteiger partial charge in [0.05, 0.1) is 5.69 Å². The molecule has 0 saturated carbocycles. The van der Waals surface area contributed by atoms with Crippen molar-refractivity contribution in [3.8, 4) is 11.5 Å². The number of carbonyl (C=O) groups is 1. The van der Waals surface area contributed by atoms with E-state index in [0.29, 0.717) is 28.3 Å². The smallest absolute Gasteiger partial charge is 0.261 e. The predicted molar refractivity (Wildman–Crippen MR) is 118 cm³/mol. The molecule has 0 saturated heterocycles. The van der Waals surface area contributed by atoms with Crippen molar-refractivity contribution in [2.45, 2.75) is 13.8 Å². The molecule has 6 heteroatoms. The molecule has 1 aromatic heterocycles. The Morgan fingerprint density at radius 1 is 0.935 bits per heavy atom. The fourth-order valence-electron chi connectivity index (χ4n) is 3.53. The minimum atomic E-state index is -0.291. The van der Waals surface area contributed by atoms with Crippen molar-refractivity contribution in [3.05, 3.63) is 89.0 Å². The number of nitrogens with one attached hydrogen (secondary N) is 1. The molecule has 1 aliphatic heterocycles. The third-order valence-electron chi connectivity index (χ3n) is 5.12. The summed E-state index contributed by atoms with van der Waals surface area (Å²) in [5.41, 5.74) is 4.68. The first-order valence-corrected chi connectivity index (χ1v) is 9.93. The molecule has 0 aliphatic carbocycles. The molecule has 3 aromatic carbocycles. The highest BCUT2D eigenvalue weighted by atomic mass is 16.7. The van der Waals surface area contributed by atoms with Crippen LogP contribution in [0.3, 0.4) is 0 Å². The van der Waals surface area contributed by atoms with E-state index in [0.717, 1.165) is 22.2 Å². The summed E-state index contributed by atoms with van der Waals surface area (Å²) >= 11 is 0. The number of benzene rings is 3. The van der Waals surface area contributed by atoms with Gasteiger partial charge in [-0.3, -0.25) is 4.79 Å². The molecule has 2 heterocycles. The van der Waals surface area contributed by atoms with Crippen molar-refractivity contribution in [1.29, 1.82) is 0 Å². The van der Waals surface area contributed by atoms with Gasteiger partial charge in [-0.2, -0.15) is 0 Å². The van der Waals surface area contributed by atoms with Gasteiger partial charge in [0.15, 0.2) is 11.5 Å². The van der Waals surface area contributed by atoms with Crippen molar-refractivity contribution in [3.63, 3.8) is 0 Å². The average molecular weight is 412 g/mol. The van der Waals surface area contributed by atoms with Crippen molar-refractivity contribution >= 4 is 28.3 Å². The average Bonchev–Trinajstić information content (AvgIpc) is 3.23. The molecule has 1 amide bonds. The SMILES string of the molecule is Cc1ccc(NC(=O)c2cc3ccccc3oc2=Nc2ccc3c(c2)OCO3)c(C)c1. The van der Waals surface area contributed by atoms with Crippen LogP contribution in [0.2, 0.25) is 0 Å². The summed E-state index contributed by atoms with van der Waals surface area (Å²) in [5.74, 6) is 0.992. The Bertz CT molecular complexity index is 1390. The molecule has 6 nitrogen and oxygen atoms in total. The van der Waals surface area contributed by atoms with Crippen molar-refractivity contribution in [1.82, 2.24) is 0 Å². The second kappa shape index (κ2) is 7.65. The second-order valence-corrected chi connectivity index (χ2v) is 7.42. The van der Waals surface area contributed by atoms with Gasteiger partial charge in [-0.15, -0.1) is 0 Å². The third kappa shape index (κ3) is 3.75. The first kappa shape index (κ1) is 18.9. The van der Waals surface area contributed by atoms with E-state index in [-0.39, 0.29) is 18.3 Å². The topological polar surface area (TPSA) is 73.1 Å². The molecule has 5 rings (SSSR count). The van der Waals surface area contributed by atoms with Crippen molar-refractivity contribution in [2.75, 3.05) is 12.1 Å². The molecule has 0 atom stereocenters. The highest BCUT2D eigenvalue weighted by Crippen LogP contribution is 2.35. The summed E-state index contributed by atoms with van der Waals surface area (Å²) in [5, 5.41) is 3.80. The lowest BCUT2D eigenvalue weighted by Crippen LogP contribution is -2.22. The van der Waals surface area contributed by atoms with Gasteiger partial charge in [0.1, 0.15) is 11.1 Å². The van der Waals surface area contributed by atoms with Gasteiger partial charge in [0, 0.05) is 17.1 Å². The third-order valence-corrected chi connectivity index (χ3v) is 5.12. The molecule has 31 heavy (non-hydrogen) atoms. The lowest BCUT2D eigenvalue weighted by molar-refractivity contribution is 0.102. The zero-order valence-corrected chi connectivity index (χ0v) is 17.1. The van der Waals surface area contributed by atoms with Crippen LogP contribution in [-0.2, 0) is 0 Å². The summed E-state index contributed by atoms with van der Waals surface area (Å²) < 4.78 is 16.8. The number of hydrogen-bond donors (Lipinski definition) is 1. The van der Waals surface area contributed by atoms with E-state index in [1.807, 2.05) is 56.3 Å². The number of fused-ring (bicyclic) bond motifs is 2. The highest BCUT2D eigenvalue weighted by molar-refractivity contribution is 6.05. The molecule has 1 N–H and O–H groups in total. The molecule has 0 radical (unpaired) electrons. The van der Waals surface area contributed by atoms with Crippen LogP contribution in [0.5, 0.6) is 11.5 Å². The Morgan fingerprint density at radius 2 is 1.77 bits per heavy atom. The van der Waals surface area contributed by atoms with E-state index in [1.54, 1.807) is 24.3 Å². The lowest BCUT2D eigenvalue weighted by atomic mass is 10.1. The number of aryl methyl sites for hydroxylation is 2. The second-order valence-electron chi connectivity index (χ2n) is 7.42. The zero-order valence-electron chi connectivity index (χ0n) is 17.1. The number of para-hydroxylation sites is 1. The molecular weight excluding hydrogens is 392 g/mol. The first-order chi connectivity index (χ1) is 15.1. The van der Waals surface area contributed by atoms with E-state index in [2.05, 4.69) is 10.3 Å². The number of anilines is 1.